The largest absolute Gasteiger partial charge is 0.306 e. The summed E-state index contributed by atoms with van der Waals surface area (Å²) in [5.74, 6) is 0. The van der Waals surface area contributed by atoms with E-state index < -0.39 is 0 Å². The number of unbranched alkanes of at least 4 members (excludes halogenated alkanes) is 11. The third kappa shape index (κ3) is 17.7. The van der Waals surface area contributed by atoms with E-state index in [9.17, 15) is 0 Å². The smallest absolute Gasteiger partial charge is 0.0157 e. The van der Waals surface area contributed by atoms with Crippen molar-refractivity contribution in [3.8, 4) is 0 Å². The Morgan fingerprint density at radius 2 is 1.11 bits per heavy atom. The molecule has 0 amide bonds. The molecule has 0 saturated heterocycles. The molecule has 0 aliphatic rings. The molecule has 0 radical (unpaired) electrons. The van der Waals surface area contributed by atoms with Gasteiger partial charge in [0.2, 0.25) is 0 Å². The van der Waals surface area contributed by atoms with Gasteiger partial charge in [0.15, 0.2) is 0 Å². The van der Waals surface area contributed by atoms with Crippen molar-refractivity contribution in [1.29, 1.82) is 0 Å². The van der Waals surface area contributed by atoms with Crippen LogP contribution in [0.3, 0.4) is 0 Å². The molecule has 0 aromatic rings. The highest BCUT2D eigenvalue weighted by Gasteiger charge is 1.92. The molecule has 0 heterocycles. The average molecular weight is 268 g/mol. The van der Waals surface area contributed by atoms with Crippen molar-refractivity contribution in [2.45, 2.75) is 84.0 Å². The van der Waals surface area contributed by atoms with Crippen LogP contribution >= 0.6 is 0 Å². The van der Waals surface area contributed by atoms with E-state index in [0.717, 1.165) is 6.54 Å². The van der Waals surface area contributed by atoms with Gasteiger partial charge < -0.3 is 4.90 Å². The molecule has 0 atom stereocenters. The molecule has 1 heteroatoms. The Kier molecular flexibility index (Phi) is 15.5. The molecule has 1 nitrogen and oxygen atoms in total. The Morgan fingerprint density at radius 1 is 0.632 bits per heavy atom. The second kappa shape index (κ2) is 15.8. The number of hydrogen-bond donors (Lipinski definition) is 0. The molecule has 0 bridgehead atoms. The average Bonchev–Trinajstić information content (AvgIpc) is 2.39. The lowest BCUT2D eigenvalue weighted by Gasteiger charge is -2.03. The summed E-state index contributed by atoms with van der Waals surface area (Å²) in [6.07, 6.45) is 21.7. The van der Waals surface area contributed by atoms with E-state index in [2.05, 4.69) is 38.1 Å². The van der Waals surface area contributed by atoms with E-state index in [0.29, 0.717) is 0 Å². The summed E-state index contributed by atoms with van der Waals surface area (Å²) in [5.41, 5.74) is 0. The van der Waals surface area contributed by atoms with E-state index in [1.807, 2.05) is 0 Å². The summed E-state index contributed by atoms with van der Waals surface area (Å²) in [7, 11) is 4.24. The topological polar surface area (TPSA) is 3.24 Å². The quantitative estimate of drug-likeness (QED) is 0.284. The van der Waals surface area contributed by atoms with Crippen LogP contribution in [0.5, 0.6) is 0 Å². The van der Waals surface area contributed by atoms with Gasteiger partial charge in [-0.25, -0.2) is 0 Å². The van der Waals surface area contributed by atoms with Crippen LogP contribution in [0.15, 0.2) is 12.2 Å². The van der Waals surface area contributed by atoms with Gasteiger partial charge in [-0.2, -0.15) is 0 Å². The molecule has 0 N–H and O–H groups in total. The van der Waals surface area contributed by atoms with Crippen molar-refractivity contribution in [1.82, 2.24) is 4.90 Å². The van der Waals surface area contributed by atoms with Gasteiger partial charge >= 0.3 is 0 Å². The van der Waals surface area contributed by atoms with Crippen molar-refractivity contribution in [2.75, 3.05) is 20.6 Å². The van der Waals surface area contributed by atoms with Crippen molar-refractivity contribution in [2.24, 2.45) is 0 Å². The molecule has 0 aliphatic heterocycles. The lowest BCUT2D eigenvalue weighted by Crippen LogP contribution is -2.10. The minimum Gasteiger partial charge on any atom is -0.306 e. The summed E-state index contributed by atoms with van der Waals surface area (Å²) >= 11 is 0. The van der Waals surface area contributed by atoms with E-state index in [-0.39, 0.29) is 0 Å². The fourth-order valence-electron chi connectivity index (χ4n) is 2.33. The molecule has 0 saturated carbocycles. The molecule has 0 rings (SSSR count). The van der Waals surface area contributed by atoms with Gasteiger partial charge in [-0.05, 0) is 26.9 Å². The molecule has 114 valence electrons. The highest BCUT2D eigenvalue weighted by atomic mass is 15.0. The SMILES string of the molecule is CCCCCCCCCCCCC/C=C/CN(C)C. The predicted octanol–water partition coefficient (Wildman–Crippen LogP) is 5.81. The maximum absolute atomic E-state index is 2.34. The number of rotatable bonds is 14. The summed E-state index contributed by atoms with van der Waals surface area (Å²) in [6.45, 7) is 3.37. The van der Waals surface area contributed by atoms with Crippen LogP contribution in [-0.2, 0) is 0 Å². The first-order chi connectivity index (χ1) is 9.27. The van der Waals surface area contributed by atoms with E-state index in [1.54, 1.807) is 0 Å². The second-order valence-corrected chi connectivity index (χ2v) is 6.06. The Labute approximate surface area is 122 Å². The Bertz CT molecular complexity index is 184. The summed E-state index contributed by atoms with van der Waals surface area (Å²) in [6, 6.07) is 0. The van der Waals surface area contributed by atoms with Gasteiger partial charge in [-0.1, -0.05) is 83.3 Å². The molecular weight excluding hydrogens is 230 g/mol. The fourth-order valence-corrected chi connectivity index (χ4v) is 2.33. The van der Waals surface area contributed by atoms with Crippen molar-refractivity contribution >= 4 is 0 Å². The molecular formula is C18H37N. The molecule has 0 aliphatic carbocycles. The zero-order chi connectivity index (χ0) is 14.2. The summed E-state index contributed by atoms with van der Waals surface area (Å²) < 4.78 is 0. The van der Waals surface area contributed by atoms with Crippen molar-refractivity contribution < 1.29 is 0 Å². The standard InChI is InChI=1S/C18H37N/c1-4-5-6-7-8-9-10-11-12-13-14-15-16-17-18-19(2)3/h16-17H,4-15,18H2,1-3H3/b17-16+. The van der Waals surface area contributed by atoms with Gasteiger partial charge in [0.25, 0.3) is 0 Å². The predicted molar refractivity (Wildman–Crippen MR) is 88.8 cm³/mol. The molecule has 0 fully saturated rings. The number of likely N-dealkylation sites (N-methyl/N-ethyl adjacent to an activating group) is 1. The second-order valence-electron chi connectivity index (χ2n) is 6.06. The van der Waals surface area contributed by atoms with E-state index in [1.165, 1.54) is 77.0 Å². The van der Waals surface area contributed by atoms with Gasteiger partial charge in [-0.3, -0.25) is 0 Å². The first-order valence-electron chi connectivity index (χ1n) is 8.57. The van der Waals surface area contributed by atoms with E-state index >= 15 is 0 Å². The molecule has 19 heavy (non-hydrogen) atoms. The first kappa shape index (κ1) is 18.7. The van der Waals surface area contributed by atoms with Crippen LogP contribution in [0, 0.1) is 0 Å². The zero-order valence-corrected chi connectivity index (χ0v) is 13.8. The number of nitrogens with zero attached hydrogens (tertiary/aromatic N) is 1. The molecule has 0 aromatic heterocycles. The van der Waals surface area contributed by atoms with Crippen LogP contribution in [0.4, 0.5) is 0 Å². The Balaban J connectivity index is 3.01. The number of hydrogen-bond acceptors (Lipinski definition) is 1. The van der Waals surface area contributed by atoms with Crippen LogP contribution in [0.2, 0.25) is 0 Å². The lowest BCUT2D eigenvalue weighted by atomic mass is 10.1. The Hall–Kier alpha value is -0.300. The van der Waals surface area contributed by atoms with Gasteiger partial charge in [0.1, 0.15) is 0 Å². The first-order valence-corrected chi connectivity index (χ1v) is 8.57. The minimum absolute atomic E-state index is 1.08. The van der Waals surface area contributed by atoms with Gasteiger partial charge in [0.05, 0.1) is 0 Å². The van der Waals surface area contributed by atoms with E-state index in [4.69, 9.17) is 0 Å². The maximum atomic E-state index is 2.34. The monoisotopic (exact) mass is 267 g/mol. The van der Waals surface area contributed by atoms with Crippen molar-refractivity contribution in [3.63, 3.8) is 0 Å². The van der Waals surface area contributed by atoms with Crippen LogP contribution in [-0.4, -0.2) is 25.5 Å². The van der Waals surface area contributed by atoms with Gasteiger partial charge in [-0.15, -0.1) is 0 Å². The van der Waals surface area contributed by atoms with Crippen LogP contribution < -0.4 is 0 Å². The number of allylic oxidation sites excluding steroid dienone is 1. The van der Waals surface area contributed by atoms with Gasteiger partial charge in [0, 0.05) is 6.54 Å². The molecule has 0 unspecified atom stereocenters. The molecule has 0 spiro atoms. The third-order valence-electron chi connectivity index (χ3n) is 3.61. The highest BCUT2D eigenvalue weighted by molar-refractivity contribution is 4.83. The molecule has 0 aromatic carbocycles. The third-order valence-corrected chi connectivity index (χ3v) is 3.61. The Morgan fingerprint density at radius 3 is 1.58 bits per heavy atom. The highest BCUT2D eigenvalue weighted by Crippen LogP contribution is 2.11. The lowest BCUT2D eigenvalue weighted by molar-refractivity contribution is 0.456. The van der Waals surface area contributed by atoms with Crippen molar-refractivity contribution in [3.05, 3.63) is 12.2 Å². The van der Waals surface area contributed by atoms with Crippen LogP contribution in [0.1, 0.15) is 84.0 Å². The maximum Gasteiger partial charge on any atom is 0.0157 e. The zero-order valence-electron chi connectivity index (χ0n) is 13.8. The fraction of sp³-hybridized carbons (Fsp3) is 0.889. The van der Waals surface area contributed by atoms with Crippen LogP contribution in [0.25, 0.3) is 0 Å². The summed E-state index contributed by atoms with van der Waals surface area (Å²) in [4.78, 5) is 2.21. The summed E-state index contributed by atoms with van der Waals surface area (Å²) in [5, 5.41) is 0. The minimum atomic E-state index is 1.08. The normalized spacial score (nSPS) is 11.8.